The van der Waals surface area contributed by atoms with Gasteiger partial charge in [0.05, 0.1) is 41.5 Å². The molecule has 0 bridgehead atoms. The van der Waals surface area contributed by atoms with Crippen LogP contribution >= 0.6 is 0 Å². The van der Waals surface area contributed by atoms with Gasteiger partial charge in [0, 0.05) is 17.6 Å². The SMILES string of the molecule is CCOC(=O)C1=C(C)NC(c2coc3c4ccccc4n(Cc4ccccc4)c3c2=O)C(C(=O)OCC)=C1C. The monoisotopic (exact) mass is 526 g/mol. The molecule has 0 radical (unpaired) electrons. The predicted octanol–water partition coefficient (Wildman–Crippen LogP) is 5.16. The number of benzene rings is 2. The van der Waals surface area contributed by atoms with Crippen molar-refractivity contribution in [2.75, 3.05) is 13.2 Å². The van der Waals surface area contributed by atoms with E-state index in [1.165, 1.54) is 6.26 Å². The number of hydrogen-bond acceptors (Lipinski definition) is 7. The Morgan fingerprint density at radius 1 is 0.949 bits per heavy atom. The molecular weight excluding hydrogens is 496 g/mol. The van der Waals surface area contributed by atoms with Gasteiger partial charge in [0.15, 0.2) is 5.58 Å². The van der Waals surface area contributed by atoms with Crippen LogP contribution in [0.15, 0.2) is 92.5 Å². The Morgan fingerprint density at radius 3 is 2.33 bits per heavy atom. The third-order valence-corrected chi connectivity index (χ3v) is 6.98. The van der Waals surface area contributed by atoms with Gasteiger partial charge in [0.2, 0.25) is 5.43 Å². The maximum absolute atomic E-state index is 14.3. The second-order valence-electron chi connectivity index (χ2n) is 9.34. The average Bonchev–Trinajstić information content (AvgIpc) is 3.23. The van der Waals surface area contributed by atoms with Crippen LogP contribution in [0, 0.1) is 0 Å². The fraction of sp³-hybridized carbons (Fsp3) is 0.258. The molecule has 3 heterocycles. The number of nitrogens with one attached hydrogen (secondary N) is 1. The summed E-state index contributed by atoms with van der Waals surface area (Å²) in [6.07, 6.45) is 1.40. The smallest absolute Gasteiger partial charge is 0.340 e. The van der Waals surface area contributed by atoms with Gasteiger partial charge in [-0.1, -0.05) is 42.5 Å². The van der Waals surface area contributed by atoms with Crippen molar-refractivity contribution in [3.8, 4) is 0 Å². The maximum atomic E-state index is 14.3. The van der Waals surface area contributed by atoms with Crippen LogP contribution in [0.2, 0.25) is 0 Å². The second-order valence-corrected chi connectivity index (χ2v) is 9.34. The molecule has 5 rings (SSSR count). The van der Waals surface area contributed by atoms with Crippen LogP contribution in [0.4, 0.5) is 0 Å². The van der Waals surface area contributed by atoms with Crippen LogP contribution in [-0.4, -0.2) is 29.7 Å². The molecular formula is C31H30N2O6. The van der Waals surface area contributed by atoms with Gasteiger partial charge in [-0.2, -0.15) is 0 Å². The molecule has 8 nitrogen and oxygen atoms in total. The van der Waals surface area contributed by atoms with E-state index in [1.807, 2.05) is 59.2 Å². The number of aromatic nitrogens is 1. The molecule has 1 aliphatic heterocycles. The molecule has 0 amide bonds. The summed E-state index contributed by atoms with van der Waals surface area (Å²) in [5, 5.41) is 4.02. The molecule has 2 aromatic heterocycles. The highest BCUT2D eigenvalue weighted by Crippen LogP contribution is 2.36. The van der Waals surface area contributed by atoms with Crippen molar-refractivity contribution in [3.63, 3.8) is 0 Å². The summed E-state index contributed by atoms with van der Waals surface area (Å²) in [6, 6.07) is 16.7. The Hall–Kier alpha value is -4.59. The number of para-hydroxylation sites is 1. The van der Waals surface area contributed by atoms with Gasteiger partial charge >= 0.3 is 11.9 Å². The van der Waals surface area contributed by atoms with Gasteiger partial charge in [-0.15, -0.1) is 0 Å². The van der Waals surface area contributed by atoms with Gasteiger partial charge in [-0.05, 0) is 51.0 Å². The number of ether oxygens (including phenoxy) is 2. The Bertz CT molecular complexity index is 1710. The van der Waals surface area contributed by atoms with Crippen molar-refractivity contribution in [2.24, 2.45) is 0 Å². The first-order valence-corrected chi connectivity index (χ1v) is 13.0. The van der Waals surface area contributed by atoms with Gasteiger partial charge < -0.3 is 23.8 Å². The number of dihydropyridines is 1. The zero-order valence-electron chi connectivity index (χ0n) is 22.4. The standard InChI is InChI=1S/C31H30N2O6/c1-5-37-30(35)24-18(3)25(31(36)38-6-2)26(32-19(24)4)22-17-39-29-21-14-10-11-15-23(21)33(27(29)28(22)34)16-20-12-8-7-9-13-20/h7-15,17,26,32H,5-6,16H2,1-4H3. The first kappa shape index (κ1) is 26.0. The lowest BCUT2D eigenvalue weighted by molar-refractivity contribution is -0.139. The Morgan fingerprint density at radius 2 is 1.62 bits per heavy atom. The minimum atomic E-state index is -0.883. The molecule has 39 heavy (non-hydrogen) atoms. The third-order valence-electron chi connectivity index (χ3n) is 6.98. The van der Waals surface area contributed by atoms with Crippen LogP contribution in [0.5, 0.6) is 0 Å². The van der Waals surface area contributed by atoms with Crippen molar-refractivity contribution in [3.05, 3.63) is 105 Å². The number of rotatable bonds is 7. The normalized spacial score (nSPS) is 15.5. The quantitative estimate of drug-likeness (QED) is 0.332. The molecule has 1 aliphatic rings. The third kappa shape index (κ3) is 4.52. The zero-order valence-corrected chi connectivity index (χ0v) is 22.4. The lowest BCUT2D eigenvalue weighted by Gasteiger charge is -2.30. The molecule has 4 aromatic rings. The van der Waals surface area contributed by atoms with E-state index in [2.05, 4.69) is 5.32 Å². The van der Waals surface area contributed by atoms with Crippen LogP contribution in [0.25, 0.3) is 22.0 Å². The Kier molecular flexibility index (Phi) is 7.11. The molecule has 200 valence electrons. The van der Waals surface area contributed by atoms with Crippen LogP contribution in [-0.2, 0) is 25.6 Å². The summed E-state index contributed by atoms with van der Waals surface area (Å²) in [4.78, 5) is 40.2. The van der Waals surface area contributed by atoms with E-state index in [0.717, 1.165) is 16.5 Å². The molecule has 0 saturated carbocycles. The van der Waals surface area contributed by atoms with Gasteiger partial charge in [-0.25, -0.2) is 9.59 Å². The highest BCUT2D eigenvalue weighted by atomic mass is 16.5. The molecule has 0 spiro atoms. The van der Waals surface area contributed by atoms with E-state index in [4.69, 9.17) is 13.9 Å². The highest BCUT2D eigenvalue weighted by molar-refractivity contribution is 6.05. The van der Waals surface area contributed by atoms with Crippen molar-refractivity contribution < 1.29 is 23.5 Å². The number of carbonyl (C=O) groups is 2. The predicted molar refractivity (Wildman–Crippen MR) is 148 cm³/mol. The lowest BCUT2D eigenvalue weighted by Crippen LogP contribution is -2.36. The molecule has 1 N–H and O–H groups in total. The Balaban J connectivity index is 1.73. The number of esters is 2. The van der Waals surface area contributed by atoms with E-state index in [9.17, 15) is 14.4 Å². The minimum Gasteiger partial charge on any atom is -0.463 e. The zero-order chi connectivity index (χ0) is 27.7. The molecule has 2 aromatic carbocycles. The van der Waals surface area contributed by atoms with Crippen molar-refractivity contribution in [2.45, 2.75) is 40.3 Å². The molecule has 1 unspecified atom stereocenters. The van der Waals surface area contributed by atoms with Gasteiger partial charge in [0.1, 0.15) is 11.8 Å². The summed E-state index contributed by atoms with van der Waals surface area (Å²) in [5.41, 5.74) is 4.05. The molecule has 0 saturated heterocycles. The summed E-state index contributed by atoms with van der Waals surface area (Å²) >= 11 is 0. The Labute approximate surface area is 225 Å². The number of hydrogen-bond donors (Lipinski definition) is 1. The largest absolute Gasteiger partial charge is 0.463 e. The second kappa shape index (κ2) is 10.6. The van der Waals surface area contributed by atoms with Gasteiger partial charge in [0.25, 0.3) is 0 Å². The maximum Gasteiger partial charge on any atom is 0.340 e. The van der Waals surface area contributed by atoms with E-state index in [1.54, 1.807) is 27.7 Å². The average molecular weight is 527 g/mol. The van der Waals surface area contributed by atoms with Crippen molar-refractivity contribution >= 4 is 33.9 Å². The van der Waals surface area contributed by atoms with E-state index in [-0.39, 0.29) is 35.4 Å². The summed E-state index contributed by atoms with van der Waals surface area (Å²) < 4.78 is 18.7. The number of nitrogens with zero attached hydrogens (tertiary/aromatic N) is 1. The topological polar surface area (TPSA) is 99.8 Å². The summed E-state index contributed by atoms with van der Waals surface area (Å²) in [7, 11) is 0. The van der Waals surface area contributed by atoms with Crippen molar-refractivity contribution in [1.29, 1.82) is 0 Å². The minimum absolute atomic E-state index is 0.138. The summed E-state index contributed by atoms with van der Waals surface area (Å²) in [5.74, 6) is -1.17. The number of allylic oxidation sites excluding steroid dienone is 1. The van der Waals surface area contributed by atoms with Gasteiger partial charge in [-0.3, -0.25) is 4.79 Å². The van der Waals surface area contributed by atoms with E-state index in [0.29, 0.717) is 28.9 Å². The fourth-order valence-corrected chi connectivity index (χ4v) is 5.27. The first-order chi connectivity index (χ1) is 18.9. The van der Waals surface area contributed by atoms with E-state index >= 15 is 0 Å². The highest BCUT2D eigenvalue weighted by Gasteiger charge is 2.37. The lowest BCUT2D eigenvalue weighted by atomic mass is 9.87. The van der Waals surface area contributed by atoms with Crippen LogP contribution in [0.1, 0.15) is 44.9 Å². The van der Waals surface area contributed by atoms with E-state index < -0.39 is 18.0 Å². The molecule has 0 fully saturated rings. The van der Waals surface area contributed by atoms with Crippen molar-refractivity contribution in [1.82, 2.24) is 9.88 Å². The molecule has 1 atom stereocenters. The fourth-order valence-electron chi connectivity index (χ4n) is 5.27. The molecule has 0 aliphatic carbocycles. The summed E-state index contributed by atoms with van der Waals surface area (Å²) in [6.45, 7) is 7.59. The number of carbonyl (C=O) groups excluding carboxylic acids is 2. The first-order valence-electron chi connectivity index (χ1n) is 13.0. The molecule has 8 heteroatoms. The number of fused-ring (bicyclic) bond motifs is 3. The van der Waals surface area contributed by atoms with Crippen LogP contribution < -0.4 is 10.7 Å². The van der Waals surface area contributed by atoms with Crippen LogP contribution in [0.3, 0.4) is 0 Å².